The lowest BCUT2D eigenvalue weighted by Crippen LogP contribution is -2.38. The normalized spacial score (nSPS) is 14.7. The van der Waals surface area contributed by atoms with Crippen LogP contribution in [0.4, 0.5) is 4.39 Å². The molecule has 1 saturated heterocycles. The number of benzene rings is 2. The van der Waals surface area contributed by atoms with Crippen molar-refractivity contribution < 1.29 is 23.8 Å². The number of imidazole rings is 1. The summed E-state index contributed by atoms with van der Waals surface area (Å²) in [5, 5.41) is 9.58. The third-order valence-corrected chi connectivity index (χ3v) is 6.69. The van der Waals surface area contributed by atoms with Crippen molar-refractivity contribution in [2.45, 2.75) is 32.1 Å². The van der Waals surface area contributed by atoms with Gasteiger partial charge in [0.25, 0.3) is 0 Å². The summed E-state index contributed by atoms with van der Waals surface area (Å²) < 4.78 is 27.6. The van der Waals surface area contributed by atoms with E-state index in [0.717, 1.165) is 42.8 Å². The Morgan fingerprint density at radius 2 is 1.95 bits per heavy atom. The first-order chi connectivity index (χ1) is 17.9. The van der Waals surface area contributed by atoms with Crippen LogP contribution in [0.1, 0.15) is 34.7 Å². The number of pyridine rings is 1. The summed E-state index contributed by atoms with van der Waals surface area (Å²) in [5.41, 5.74) is 2.48. The van der Waals surface area contributed by atoms with Crippen LogP contribution < -0.4 is 9.47 Å². The highest BCUT2D eigenvalue weighted by atomic mass is 35.5. The number of halogens is 2. The number of hydrogen-bond acceptors (Lipinski definition) is 6. The van der Waals surface area contributed by atoms with E-state index >= 15 is 0 Å². The molecule has 5 rings (SSSR count). The van der Waals surface area contributed by atoms with Crippen molar-refractivity contribution in [3.63, 3.8) is 0 Å². The van der Waals surface area contributed by atoms with Gasteiger partial charge in [-0.25, -0.2) is 19.2 Å². The Labute approximate surface area is 218 Å². The monoisotopic (exact) mass is 524 g/mol. The Morgan fingerprint density at radius 3 is 2.70 bits per heavy atom. The zero-order valence-corrected chi connectivity index (χ0v) is 21.0. The Bertz CT molecular complexity index is 1440. The number of likely N-dealkylation sites (tertiary alicyclic amines) is 1. The smallest absolute Gasteiger partial charge is 0.335 e. The van der Waals surface area contributed by atoms with Gasteiger partial charge in [-0.1, -0.05) is 17.7 Å². The van der Waals surface area contributed by atoms with Gasteiger partial charge in [-0.15, -0.1) is 0 Å². The molecule has 2 aromatic heterocycles. The summed E-state index contributed by atoms with van der Waals surface area (Å²) in [5.74, 6) is 0.0574. The molecular weight excluding hydrogens is 499 g/mol. The third kappa shape index (κ3) is 5.84. The lowest BCUT2D eigenvalue weighted by Gasteiger charge is -2.31. The van der Waals surface area contributed by atoms with Gasteiger partial charge in [0.15, 0.2) is 11.6 Å². The summed E-state index contributed by atoms with van der Waals surface area (Å²) in [6, 6.07) is 14.7. The highest BCUT2D eigenvalue weighted by molar-refractivity contribution is 6.30. The van der Waals surface area contributed by atoms with Gasteiger partial charge in [0.1, 0.15) is 18.5 Å². The molecule has 0 bridgehead atoms. The largest absolute Gasteiger partial charge is 0.484 e. The topological polar surface area (TPSA) is 89.7 Å². The van der Waals surface area contributed by atoms with E-state index in [1.165, 1.54) is 12.1 Å². The summed E-state index contributed by atoms with van der Waals surface area (Å²) >= 11 is 5.79. The zero-order chi connectivity index (χ0) is 25.9. The van der Waals surface area contributed by atoms with Crippen molar-refractivity contribution in [1.29, 1.82) is 0 Å². The van der Waals surface area contributed by atoms with Crippen molar-refractivity contribution in [3.05, 3.63) is 82.5 Å². The van der Waals surface area contributed by atoms with Gasteiger partial charge in [-0.3, -0.25) is 4.90 Å². The van der Waals surface area contributed by atoms with Crippen LogP contribution in [0.2, 0.25) is 5.02 Å². The molecule has 0 amide bonds. The minimum absolute atomic E-state index is 0.0344. The molecule has 192 valence electrons. The number of rotatable bonds is 8. The molecule has 0 unspecified atom stereocenters. The first-order valence-electron chi connectivity index (χ1n) is 12.0. The maximum Gasteiger partial charge on any atom is 0.335 e. The molecule has 37 heavy (non-hydrogen) atoms. The fourth-order valence-electron chi connectivity index (χ4n) is 4.42. The predicted octanol–water partition coefficient (Wildman–Crippen LogP) is 5.08. The Hall–Kier alpha value is -3.69. The fourth-order valence-corrected chi connectivity index (χ4v) is 4.58. The van der Waals surface area contributed by atoms with Crippen LogP contribution in [0.25, 0.3) is 11.0 Å². The van der Waals surface area contributed by atoms with Crippen LogP contribution >= 0.6 is 11.6 Å². The van der Waals surface area contributed by atoms with E-state index in [9.17, 15) is 14.3 Å². The van der Waals surface area contributed by atoms with Crippen LogP contribution in [0.3, 0.4) is 0 Å². The van der Waals surface area contributed by atoms with Crippen molar-refractivity contribution in [2.24, 2.45) is 7.05 Å². The maximum absolute atomic E-state index is 13.9. The molecule has 1 N–H and O–H groups in total. The van der Waals surface area contributed by atoms with Crippen LogP contribution in [0, 0.1) is 5.82 Å². The van der Waals surface area contributed by atoms with Crippen molar-refractivity contribution in [2.75, 3.05) is 13.1 Å². The highest BCUT2D eigenvalue weighted by Crippen LogP contribution is 2.24. The van der Waals surface area contributed by atoms with Gasteiger partial charge in [0, 0.05) is 31.2 Å². The van der Waals surface area contributed by atoms with Gasteiger partial charge >= 0.3 is 5.97 Å². The number of nitrogens with zero attached hydrogens (tertiary/aromatic N) is 4. The minimum Gasteiger partial charge on any atom is -0.484 e. The minimum atomic E-state index is -0.949. The van der Waals surface area contributed by atoms with Crippen LogP contribution in [0.15, 0.2) is 54.6 Å². The summed E-state index contributed by atoms with van der Waals surface area (Å²) in [4.78, 5) is 22.8. The zero-order valence-electron chi connectivity index (χ0n) is 20.2. The number of hydrogen-bond donors (Lipinski definition) is 1. The molecule has 10 heteroatoms. The molecule has 0 spiro atoms. The van der Waals surface area contributed by atoms with E-state index in [1.54, 1.807) is 30.3 Å². The van der Waals surface area contributed by atoms with E-state index in [-0.39, 0.29) is 24.0 Å². The number of carbonyl (C=O) groups is 1. The molecule has 8 nitrogen and oxygen atoms in total. The molecule has 2 aromatic carbocycles. The van der Waals surface area contributed by atoms with Crippen molar-refractivity contribution in [1.82, 2.24) is 19.4 Å². The molecule has 4 aromatic rings. The second-order valence-electron chi connectivity index (χ2n) is 9.02. The highest BCUT2D eigenvalue weighted by Gasteiger charge is 2.23. The second-order valence-corrected chi connectivity index (χ2v) is 9.46. The number of piperidine rings is 1. The van der Waals surface area contributed by atoms with Gasteiger partial charge in [-0.05, 0) is 55.3 Å². The fraction of sp³-hybridized carbons (Fsp3) is 0.296. The predicted molar refractivity (Wildman–Crippen MR) is 137 cm³/mol. The Balaban J connectivity index is 1.15. The lowest BCUT2D eigenvalue weighted by atomic mass is 10.1. The number of ether oxygens (including phenoxy) is 2. The number of aromatic carboxylic acids is 1. The summed E-state index contributed by atoms with van der Waals surface area (Å²) in [7, 11) is 1.91. The summed E-state index contributed by atoms with van der Waals surface area (Å²) in [6.45, 7) is 2.46. The van der Waals surface area contributed by atoms with Crippen LogP contribution in [-0.4, -0.2) is 49.7 Å². The second kappa shape index (κ2) is 10.7. The lowest BCUT2D eigenvalue weighted by molar-refractivity contribution is 0.0697. The van der Waals surface area contributed by atoms with E-state index in [4.69, 9.17) is 26.1 Å². The van der Waals surface area contributed by atoms with Crippen molar-refractivity contribution in [3.8, 4) is 11.6 Å². The molecule has 0 aliphatic carbocycles. The standard InChI is InChI=1S/C27H26ClFN4O4/c1-32-23-13-17(27(34)35)5-7-22(23)31-25(32)15-33-11-9-20(10-12-33)37-26-4-2-3-19(30-26)16-36-24-8-6-18(28)14-21(24)29/h2-8,13-14,20H,9-12,15-16H2,1H3,(H,34,35). The third-order valence-electron chi connectivity index (χ3n) is 6.46. The molecule has 0 atom stereocenters. The number of aryl methyl sites for hydroxylation is 1. The number of carboxylic acid groups (broad SMARTS) is 1. The molecule has 1 fully saturated rings. The SMILES string of the molecule is Cn1c(CN2CCC(Oc3cccc(COc4ccc(Cl)cc4F)n3)CC2)nc2ccc(C(=O)O)cc21. The van der Waals surface area contributed by atoms with E-state index in [0.29, 0.717) is 23.1 Å². The first kappa shape index (κ1) is 25.0. The Morgan fingerprint density at radius 1 is 1.14 bits per heavy atom. The number of aromatic nitrogens is 3. The van der Waals surface area contributed by atoms with Crippen molar-refractivity contribution >= 4 is 28.6 Å². The van der Waals surface area contributed by atoms with Gasteiger partial charge in [0.2, 0.25) is 5.88 Å². The average Bonchev–Trinajstić information content (AvgIpc) is 3.19. The number of fused-ring (bicyclic) bond motifs is 1. The van der Waals surface area contributed by atoms with Crippen LogP contribution in [0.5, 0.6) is 11.6 Å². The van der Waals surface area contributed by atoms with E-state index in [1.807, 2.05) is 23.7 Å². The quantitative estimate of drug-likeness (QED) is 0.344. The molecule has 1 aliphatic heterocycles. The summed E-state index contributed by atoms with van der Waals surface area (Å²) in [6.07, 6.45) is 1.71. The molecule has 0 saturated carbocycles. The molecule has 3 heterocycles. The average molecular weight is 525 g/mol. The molecule has 0 radical (unpaired) electrons. The van der Waals surface area contributed by atoms with Crippen LogP contribution in [-0.2, 0) is 20.2 Å². The number of carboxylic acids is 1. The Kier molecular flexibility index (Phi) is 7.25. The first-order valence-corrected chi connectivity index (χ1v) is 12.3. The maximum atomic E-state index is 13.9. The van der Waals surface area contributed by atoms with E-state index in [2.05, 4.69) is 9.88 Å². The van der Waals surface area contributed by atoms with Gasteiger partial charge in [-0.2, -0.15) is 0 Å². The molecule has 1 aliphatic rings. The van der Waals surface area contributed by atoms with Gasteiger partial charge < -0.3 is 19.1 Å². The van der Waals surface area contributed by atoms with E-state index < -0.39 is 11.8 Å². The van der Waals surface area contributed by atoms with Gasteiger partial charge in [0.05, 0.1) is 28.8 Å². The molecular formula is C27H26ClFN4O4.